The smallest absolute Gasteiger partial charge is 0.195 e. The molecule has 3 rings (SSSR count). The molecule has 0 bridgehead atoms. The number of benzene rings is 1. The van der Waals surface area contributed by atoms with Crippen molar-refractivity contribution in [2.24, 2.45) is 0 Å². The zero-order valence-corrected chi connectivity index (χ0v) is 12.0. The Kier molecular flexibility index (Phi) is 3.44. The van der Waals surface area contributed by atoms with E-state index < -0.39 is 0 Å². The monoisotopic (exact) mass is 280 g/mol. The average Bonchev–Trinajstić information content (AvgIpc) is 2.90. The van der Waals surface area contributed by atoms with Gasteiger partial charge in [-0.05, 0) is 38.1 Å². The first-order valence-corrected chi connectivity index (χ1v) is 6.88. The highest BCUT2D eigenvalue weighted by Gasteiger charge is 2.15. The topological polar surface area (TPSA) is 55.0 Å². The highest BCUT2D eigenvalue weighted by atomic mass is 16.5. The number of nitrogens with one attached hydrogen (secondary N) is 1. The third-order valence-corrected chi connectivity index (χ3v) is 3.16. The zero-order valence-electron chi connectivity index (χ0n) is 12.0. The minimum Gasteiger partial charge on any atom is -0.491 e. The van der Waals surface area contributed by atoms with Gasteiger partial charge in [-0.3, -0.25) is 4.79 Å². The summed E-state index contributed by atoms with van der Waals surface area (Å²) < 4.78 is 5.64. The summed E-state index contributed by atoms with van der Waals surface area (Å²) >= 11 is 0. The van der Waals surface area contributed by atoms with Crippen LogP contribution in [-0.4, -0.2) is 21.9 Å². The number of aromatic nitrogens is 2. The Morgan fingerprint density at radius 3 is 2.90 bits per heavy atom. The van der Waals surface area contributed by atoms with E-state index in [2.05, 4.69) is 9.97 Å². The largest absolute Gasteiger partial charge is 0.491 e. The molecule has 0 fully saturated rings. The number of rotatable bonds is 4. The van der Waals surface area contributed by atoms with E-state index in [1.54, 1.807) is 24.5 Å². The van der Waals surface area contributed by atoms with Crippen LogP contribution < -0.4 is 4.74 Å². The number of hydrogen-bond acceptors (Lipinski definition) is 3. The van der Waals surface area contributed by atoms with Crippen LogP contribution in [0.25, 0.3) is 11.0 Å². The summed E-state index contributed by atoms with van der Waals surface area (Å²) in [6, 6.07) is 11.0. The highest BCUT2D eigenvalue weighted by Crippen LogP contribution is 2.22. The maximum absolute atomic E-state index is 12.7. The molecule has 0 radical (unpaired) electrons. The van der Waals surface area contributed by atoms with Gasteiger partial charge >= 0.3 is 0 Å². The van der Waals surface area contributed by atoms with E-state index in [1.165, 1.54) is 0 Å². The second kappa shape index (κ2) is 5.40. The molecular weight excluding hydrogens is 264 g/mol. The summed E-state index contributed by atoms with van der Waals surface area (Å²) in [5.41, 5.74) is 1.95. The Bertz CT molecular complexity index is 790. The predicted molar refractivity (Wildman–Crippen MR) is 81.7 cm³/mol. The van der Waals surface area contributed by atoms with Crippen molar-refractivity contribution in [3.8, 4) is 5.75 Å². The molecule has 0 saturated heterocycles. The number of fused-ring (bicyclic) bond motifs is 1. The number of aromatic amines is 1. The third kappa shape index (κ3) is 2.65. The molecule has 0 spiro atoms. The fourth-order valence-electron chi connectivity index (χ4n) is 2.28. The molecule has 1 N–H and O–H groups in total. The molecular formula is C17H16N2O2. The van der Waals surface area contributed by atoms with Crippen LogP contribution in [-0.2, 0) is 0 Å². The molecule has 21 heavy (non-hydrogen) atoms. The van der Waals surface area contributed by atoms with Crippen LogP contribution in [0.4, 0.5) is 0 Å². The van der Waals surface area contributed by atoms with Crippen molar-refractivity contribution in [3.63, 3.8) is 0 Å². The highest BCUT2D eigenvalue weighted by molar-refractivity contribution is 6.16. The molecule has 4 heteroatoms. The first-order valence-electron chi connectivity index (χ1n) is 6.88. The van der Waals surface area contributed by atoms with E-state index in [1.807, 2.05) is 38.1 Å². The molecule has 2 aromatic heterocycles. The van der Waals surface area contributed by atoms with E-state index in [-0.39, 0.29) is 11.9 Å². The molecule has 0 aliphatic rings. The van der Waals surface area contributed by atoms with Gasteiger partial charge in [0.05, 0.1) is 6.10 Å². The lowest BCUT2D eigenvalue weighted by molar-refractivity contribution is 0.103. The van der Waals surface area contributed by atoms with Crippen LogP contribution in [0, 0.1) is 0 Å². The molecule has 2 heterocycles. The summed E-state index contributed by atoms with van der Waals surface area (Å²) in [5.74, 6) is 0.664. The number of hydrogen-bond donors (Lipinski definition) is 1. The van der Waals surface area contributed by atoms with Crippen LogP contribution in [0.5, 0.6) is 5.75 Å². The fraction of sp³-hybridized carbons (Fsp3) is 0.176. The lowest BCUT2D eigenvalue weighted by Crippen LogP contribution is -2.07. The van der Waals surface area contributed by atoms with Crippen molar-refractivity contribution >= 4 is 16.8 Å². The van der Waals surface area contributed by atoms with Gasteiger partial charge in [-0.15, -0.1) is 0 Å². The molecule has 0 saturated carbocycles. The molecule has 0 atom stereocenters. The molecule has 0 unspecified atom stereocenters. The Labute approximate surface area is 122 Å². The van der Waals surface area contributed by atoms with Crippen molar-refractivity contribution in [2.75, 3.05) is 0 Å². The van der Waals surface area contributed by atoms with Gasteiger partial charge in [0.15, 0.2) is 5.78 Å². The van der Waals surface area contributed by atoms with Crippen molar-refractivity contribution in [1.29, 1.82) is 0 Å². The van der Waals surface area contributed by atoms with Gasteiger partial charge in [0.1, 0.15) is 11.4 Å². The second-order valence-corrected chi connectivity index (χ2v) is 5.13. The van der Waals surface area contributed by atoms with Gasteiger partial charge in [-0.25, -0.2) is 4.98 Å². The normalized spacial score (nSPS) is 11.0. The maximum atomic E-state index is 12.7. The summed E-state index contributed by atoms with van der Waals surface area (Å²) in [5, 5.41) is 0.831. The molecule has 106 valence electrons. The number of H-pyrrole nitrogens is 1. The minimum atomic E-state index is -0.0385. The second-order valence-electron chi connectivity index (χ2n) is 5.13. The minimum absolute atomic E-state index is 0.0385. The average molecular weight is 280 g/mol. The van der Waals surface area contributed by atoms with Crippen LogP contribution >= 0.6 is 0 Å². The number of ketones is 1. The summed E-state index contributed by atoms with van der Waals surface area (Å²) in [4.78, 5) is 19.9. The van der Waals surface area contributed by atoms with E-state index in [4.69, 9.17) is 4.74 Å². The SMILES string of the molecule is CC(C)Oc1cccc(C(=O)c2c[nH]c3ncccc23)c1. The Hall–Kier alpha value is -2.62. The van der Waals surface area contributed by atoms with Gasteiger partial charge in [-0.2, -0.15) is 0 Å². The third-order valence-electron chi connectivity index (χ3n) is 3.16. The number of ether oxygens (including phenoxy) is 1. The van der Waals surface area contributed by atoms with Crippen molar-refractivity contribution in [1.82, 2.24) is 9.97 Å². The lowest BCUT2D eigenvalue weighted by atomic mass is 10.0. The van der Waals surface area contributed by atoms with Crippen LogP contribution in [0.3, 0.4) is 0 Å². The zero-order chi connectivity index (χ0) is 14.8. The van der Waals surface area contributed by atoms with Gasteiger partial charge < -0.3 is 9.72 Å². The molecule has 4 nitrogen and oxygen atoms in total. The van der Waals surface area contributed by atoms with Crippen LogP contribution in [0.2, 0.25) is 0 Å². The van der Waals surface area contributed by atoms with Gasteiger partial charge in [-0.1, -0.05) is 12.1 Å². The van der Waals surface area contributed by atoms with E-state index in [0.29, 0.717) is 16.9 Å². The molecule has 1 aromatic carbocycles. The first-order chi connectivity index (χ1) is 10.1. The maximum Gasteiger partial charge on any atom is 0.195 e. The summed E-state index contributed by atoms with van der Waals surface area (Å²) in [6.07, 6.45) is 3.48. The first kappa shape index (κ1) is 13.4. The molecule has 0 aliphatic heterocycles. The summed E-state index contributed by atoms with van der Waals surface area (Å²) in [6.45, 7) is 3.92. The van der Waals surface area contributed by atoms with E-state index >= 15 is 0 Å². The van der Waals surface area contributed by atoms with Crippen molar-refractivity contribution in [3.05, 3.63) is 59.9 Å². The molecule has 3 aromatic rings. The Morgan fingerprint density at radius 2 is 2.10 bits per heavy atom. The van der Waals surface area contributed by atoms with E-state index in [0.717, 1.165) is 11.0 Å². The number of carbonyl (C=O) groups is 1. The lowest BCUT2D eigenvalue weighted by Gasteiger charge is -2.10. The Balaban J connectivity index is 1.98. The predicted octanol–water partition coefficient (Wildman–Crippen LogP) is 3.58. The van der Waals surface area contributed by atoms with Gasteiger partial charge in [0.25, 0.3) is 0 Å². The van der Waals surface area contributed by atoms with Gasteiger partial charge in [0, 0.05) is 28.9 Å². The van der Waals surface area contributed by atoms with Crippen LogP contribution in [0.15, 0.2) is 48.8 Å². The van der Waals surface area contributed by atoms with Gasteiger partial charge in [0.2, 0.25) is 0 Å². The van der Waals surface area contributed by atoms with Crippen molar-refractivity contribution < 1.29 is 9.53 Å². The quantitative estimate of drug-likeness (QED) is 0.743. The fourth-order valence-corrected chi connectivity index (χ4v) is 2.28. The van der Waals surface area contributed by atoms with E-state index in [9.17, 15) is 4.79 Å². The molecule has 0 aliphatic carbocycles. The number of nitrogens with zero attached hydrogens (tertiary/aromatic N) is 1. The van der Waals surface area contributed by atoms with Crippen molar-refractivity contribution in [2.45, 2.75) is 20.0 Å². The number of carbonyl (C=O) groups excluding carboxylic acids is 1. The number of pyridine rings is 1. The van der Waals surface area contributed by atoms with Crippen LogP contribution in [0.1, 0.15) is 29.8 Å². The Morgan fingerprint density at radius 1 is 1.24 bits per heavy atom. The molecule has 0 amide bonds. The standard InChI is InChI=1S/C17H16N2O2/c1-11(2)21-13-6-3-5-12(9-13)16(20)15-10-19-17-14(15)7-4-8-18-17/h3-11H,1-2H3,(H,18,19). The summed E-state index contributed by atoms with van der Waals surface area (Å²) in [7, 11) is 0.